The van der Waals surface area contributed by atoms with E-state index in [1.165, 1.54) is 43.7 Å². The summed E-state index contributed by atoms with van der Waals surface area (Å²) < 4.78 is 39.7. The van der Waals surface area contributed by atoms with Gasteiger partial charge in [-0.25, -0.2) is 22.8 Å². The minimum Gasteiger partial charge on any atom is -0.239 e. The van der Waals surface area contributed by atoms with Crippen molar-refractivity contribution >= 4 is 10.0 Å². The Balaban J connectivity index is 2.55. The number of hydrogen-bond donors (Lipinski definition) is 0. The SMILES string of the molecule is CCC(C#N)S(=O)(=O)N(C)C(c1ccc(F)cc1)c1ncccn1. The van der Waals surface area contributed by atoms with Crippen LogP contribution >= 0.6 is 0 Å². The number of nitrogens with zero attached hydrogens (tertiary/aromatic N) is 4. The first-order valence-corrected chi connectivity index (χ1v) is 8.81. The highest BCUT2D eigenvalue weighted by Gasteiger charge is 2.36. The van der Waals surface area contributed by atoms with Gasteiger partial charge in [0.1, 0.15) is 11.9 Å². The van der Waals surface area contributed by atoms with Gasteiger partial charge >= 0.3 is 0 Å². The molecule has 0 bridgehead atoms. The molecular weight excluding hydrogens is 331 g/mol. The molecule has 0 aliphatic rings. The van der Waals surface area contributed by atoms with E-state index in [9.17, 15) is 12.8 Å². The average Bonchev–Trinajstić information content (AvgIpc) is 2.58. The van der Waals surface area contributed by atoms with Crippen LogP contribution in [0.3, 0.4) is 0 Å². The summed E-state index contributed by atoms with van der Waals surface area (Å²) in [5.74, 6) is -0.177. The van der Waals surface area contributed by atoms with Crippen LogP contribution in [0.25, 0.3) is 0 Å². The number of halogens is 1. The van der Waals surface area contributed by atoms with E-state index in [0.717, 1.165) is 4.31 Å². The Kier molecular flexibility index (Phi) is 5.59. The molecule has 0 saturated heterocycles. The Morgan fingerprint density at radius 3 is 2.33 bits per heavy atom. The van der Waals surface area contributed by atoms with Crippen LogP contribution in [0.15, 0.2) is 42.7 Å². The van der Waals surface area contributed by atoms with Gasteiger partial charge in [0.15, 0.2) is 11.1 Å². The Hall–Kier alpha value is -2.37. The second-order valence-electron chi connectivity index (χ2n) is 5.15. The van der Waals surface area contributed by atoms with Crippen LogP contribution in [0.4, 0.5) is 4.39 Å². The Labute approximate surface area is 140 Å². The molecule has 1 heterocycles. The zero-order valence-corrected chi connectivity index (χ0v) is 14.1. The van der Waals surface area contributed by atoms with Crippen LogP contribution in [0, 0.1) is 17.1 Å². The van der Waals surface area contributed by atoms with Crippen molar-refractivity contribution in [3.63, 3.8) is 0 Å². The van der Waals surface area contributed by atoms with Gasteiger partial charge < -0.3 is 0 Å². The fourth-order valence-electron chi connectivity index (χ4n) is 2.33. The Bertz CT molecular complexity index is 819. The molecule has 0 radical (unpaired) electrons. The largest absolute Gasteiger partial charge is 0.239 e. The van der Waals surface area contributed by atoms with Crippen molar-refractivity contribution in [2.75, 3.05) is 7.05 Å². The molecule has 2 atom stereocenters. The monoisotopic (exact) mass is 348 g/mol. The lowest BCUT2D eigenvalue weighted by Gasteiger charge is -2.28. The molecule has 0 fully saturated rings. The summed E-state index contributed by atoms with van der Waals surface area (Å²) in [5, 5.41) is 7.96. The summed E-state index contributed by atoms with van der Waals surface area (Å²) >= 11 is 0. The zero-order valence-electron chi connectivity index (χ0n) is 13.3. The quantitative estimate of drug-likeness (QED) is 0.799. The highest BCUT2D eigenvalue weighted by atomic mass is 32.2. The lowest BCUT2D eigenvalue weighted by molar-refractivity contribution is 0.400. The maximum atomic E-state index is 13.2. The van der Waals surface area contributed by atoms with Crippen LogP contribution in [-0.2, 0) is 10.0 Å². The van der Waals surface area contributed by atoms with Crippen LogP contribution < -0.4 is 0 Å². The molecule has 0 aliphatic heterocycles. The van der Waals surface area contributed by atoms with E-state index in [2.05, 4.69) is 9.97 Å². The van der Waals surface area contributed by atoms with Crippen molar-refractivity contribution in [1.29, 1.82) is 5.26 Å². The molecular formula is C16H17FN4O2S. The smallest absolute Gasteiger partial charge is 0.231 e. The second kappa shape index (κ2) is 7.47. The first-order valence-electron chi connectivity index (χ1n) is 7.30. The Morgan fingerprint density at radius 1 is 1.25 bits per heavy atom. The van der Waals surface area contributed by atoms with Gasteiger partial charge in [-0.15, -0.1) is 0 Å². The van der Waals surface area contributed by atoms with Gasteiger partial charge in [0.2, 0.25) is 10.0 Å². The van der Waals surface area contributed by atoms with E-state index >= 15 is 0 Å². The van der Waals surface area contributed by atoms with E-state index in [4.69, 9.17) is 5.26 Å². The van der Waals surface area contributed by atoms with E-state index in [0.29, 0.717) is 5.56 Å². The molecule has 6 nitrogen and oxygen atoms in total. The molecule has 24 heavy (non-hydrogen) atoms. The molecule has 1 aromatic heterocycles. The standard InChI is InChI=1S/C16H17FN4O2S/c1-3-14(11-18)24(22,23)21(2)15(16-19-9-4-10-20-16)12-5-7-13(17)8-6-12/h4-10,14-15H,3H2,1-2H3. The van der Waals surface area contributed by atoms with Crippen LogP contribution in [0.2, 0.25) is 0 Å². The normalized spacial score (nSPS) is 14.1. The van der Waals surface area contributed by atoms with Crippen LogP contribution in [-0.4, -0.2) is 35.0 Å². The number of rotatable bonds is 6. The third-order valence-electron chi connectivity index (χ3n) is 3.66. The number of hydrogen-bond acceptors (Lipinski definition) is 5. The van der Waals surface area contributed by atoms with Gasteiger partial charge in [-0.2, -0.15) is 9.57 Å². The summed E-state index contributed by atoms with van der Waals surface area (Å²) in [6, 6.07) is 8.03. The van der Waals surface area contributed by atoms with Crippen molar-refractivity contribution in [3.8, 4) is 6.07 Å². The van der Waals surface area contributed by atoms with Crippen LogP contribution in [0.1, 0.15) is 30.8 Å². The average molecular weight is 348 g/mol. The summed E-state index contributed by atoms with van der Waals surface area (Å²) in [4.78, 5) is 8.26. The van der Waals surface area contributed by atoms with Crippen molar-refractivity contribution in [3.05, 3.63) is 59.9 Å². The van der Waals surface area contributed by atoms with Crippen molar-refractivity contribution in [2.24, 2.45) is 0 Å². The lowest BCUT2D eigenvalue weighted by Crippen LogP contribution is -2.39. The van der Waals surface area contributed by atoms with E-state index < -0.39 is 27.1 Å². The van der Waals surface area contributed by atoms with Crippen molar-refractivity contribution in [1.82, 2.24) is 14.3 Å². The predicted octanol–water partition coefficient (Wildman–Crippen LogP) is 2.27. The third kappa shape index (κ3) is 3.58. The van der Waals surface area contributed by atoms with Crippen LogP contribution in [0.5, 0.6) is 0 Å². The van der Waals surface area contributed by atoms with E-state index in [1.54, 1.807) is 13.0 Å². The number of nitriles is 1. The molecule has 126 valence electrons. The second-order valence-corrected chi connectivity index (χ2v) is 7.32. The van der Waals surface area contributed by atoms with E-state index in [-0.39, 0.29) is 12.2 Å². The first-order chi connectivity index (χ1) is 11.4. The maximum absolute atomic E-state index is 13.2. The molecule has 2 unspecified atom stereocenters. The molecule has 0 amide bonds. The third-order valence-corrected chi connectivity index (χ3v) is 5.83. The molecule has 2 aromatic rings. The fourth-order valence-corrected chi connectivity index (χ4v) is 3.80. The summed E-state index contributed by atoms with van der Waals surface area (Å²) in [5.41, 5.74) is 0.515. The zero-order chi connectivity index (χ0) is 17.7. The summed E-state index contributed by atoms with van der Waals surface area (Å²) in [6.07, 6.45) is 3.16. The Morgan fingerprint density at radius 2 is 1.83 bits per heavy atom. The minimum absolute atomic E-state index is 0.162. The van der Waals surface area contributed by atoms with Gasteiger partial charge in [0.05, 0.1) is 6.07 Å². The molecule has 8 heteroatoms. The lowest BCUT2D eigenvalue weighted by atomic mass is 10.1. The van der Waals surface area contributed by atoms with Gasteiger partial charge in [-0.05, 0) is 30.2 Å². The highest BCUT2D eigenvalue weighted by molar-refractivity contribution is 7.90. The highest BCUT2D eigenvalue weighted by Crippen LogP contribution is 2.29. The molecule has 0 spiro atoms. The molecule has 0 saturated carbocycles. The minimum atomic E-state index is -3.91. The van der Waals surface area contributed by atoms with Gasteiger partial charge in [-0.3, -0.25) is 0 Å². The number of benzene rings is 1. The molecule has 1 aromatic carbocycles. The predicted molar refractivity (Wildman–Crippen MR) is 86.6 cm³/mol. The van der Waals surface area contributed by atoms with Gasteiger partial charge in [0.25, 0.3) is 0 Å². The first kappa shape index (κ1) is 18.0. The summed E-state index contributed by atoms with van der Waals surface area (Å²) in [7, 11) is -2.53. The fraction of sp³-hybridized carbons (Fsp3) is 0.312. The number of sulfonamides is 1. The molecule has 0 aliphatic carbocycles. The van der Waals surface area contributed by atoms with Gasteiger partial charge in [-0.1, -0.05) is 19.1 Å². The van der Waals surface area contributed by atoms with Gasteiger partial charge in [0, 0.05) is 19.4 Å². The maximum Gasteiger partial charge on any atom is 0.231 e. The number of aromatic nitrogens is 2. The van der Waals surface area contributed by atoms with E-state index in [1.807, 2.05) is 6.07 Å². The van der Waals surface area contributed by atoms with Crippen molar-refractivity contribution in [2.45, 2.75) is 24.6 Å². The molecule has 0 N–H and O–H groups in total. The topological polar surface area (TPSA) is 87.0 Å². The van der Waals surface area contributed by atoms with Crippen molar-refractivity contribution < 1.29 is 12.8 Å². The summed E-state index contributed by atoms with van der Waals surface area (Å²) in [6.45, 7) is 1.63. The molecule has 2 rings (SSSR count).